The van der Waals surface area contributed by atoms with E-state index in [1.165, 1.54) is 0 Å². The Morgan fingerprint density at radius 2 is 2.08 bits per heavy atom. The Labute approximate surface area is 72.9 Å². The fourth-order valence-electron chi connectivity index (χ4n) is 0.555. The standard InChI is InChI=1S/C8H17NO3/c1-6(2)12-5-8(11)9-4-7(3)10/h6-7,10H,4-5H2,1-3H3,(H,9,11)/t7-/m1/s1. The minimum absolute atomic E-state index is 0.0577. The summed E-state index contributed by atoms with van der Waals surface area (Å²) in [6, 6.07) is 0. The van der Waals surface area contributed by atoms with Crippen LogP contribution in [-0.4, -0.2) is 36.4 Å². The first-order valence-electron chi connectivity index (χ1n) is 4.08. The minimum Gasteiger partial charge on any atom is -0.392 e. The van der Waals surface area contributed by atoms with Gasteiger partial charge < -0.3 is 15.2 Å². The Kier molecular flexibility index (Phi) is 5.66. The maximum absolute atomic E-state index is 10.9. The minimum atomic E-state index is -0.506. The average molecular weight is 175 g/mol. The molecule has 4 heteroatoms. The number of nitrogens with one attached hydrogen (secondary N) is 1. The summed E-state index contributed by atoms with van der Waals surface area (Å²) in [5.74, 6) is -0.190. The summed E-state index contributed by atoms with van der Waals surface area (Å²) < 4.78 is 5.04. The lowest BCUT2D eigenvalue weighted by Gasteiger charge is -2.09. The van der Waals surface area contributed by atoms with E-state index >= 15 is 0 Å². The van der Waals surface area contributed by atoms with Gasteiger partial charge in [0.2, 0.25) is 5.91 Å². The molecule has 0 spiro atoms. The van der Waals surface area contributed by atoms with E-state index in [0.717, 1.165) is 0 Å². The number of aliphatic hydroxyl groups excluding tert-OH is 1. The van der Waals surface area contributed by atoms with Crippen molar-refractivity contribution >= 4 is 5.91 Å². The Bertz CT molecular complexity index is 120. The van der Waals surface area contributed by atoms with Crippen LogP contribution in [0.2, 0.25) is 0 Å². The van der Waals surface area contributed by atoms with Crippen molar-refractivity contribution < 1.29 is 14.6 Å². The molecule has 0 radical (unpaired) electrons. The molecule has 0 bridgehead atoms. The van der Waals surface area contributed by atoms with Crippen molar-refractivity contribution in [3.63, 3.8) is 0 Å². The Balaban J connectivity index is 3.34. The van der Waals surface area contributed by atoms with Gasteiger partial charge in [-0.05, 0) is 20.8 Å². The number of ether oxygens (including phenoxy) is 1. The van der Waals surface area contributed by atoms with Crippen LogP contribution < -0.4 is 5.32 Å². The topological polar surface area (TPSA) is 58.6 Å². The molecule has 12 heavy (non-hydrogen) atoms. The second-order valence-electron chi connectivity index (χ2n) is 3.01. The van der Waals surface area contributed by atoms with Crippen LogP contribution in [0.3, 0.4) is 0 Å². The van der Waals surface area contributed by atoms with Crippen LogP contribution in [0.5, 0.6) is 0 Å². The largest absolute Gasteiger partial charge is 0.392 e. The van der Waals surface area contributed by atoms with Crippen LogP contribution >= 0.6 is 0 Å². The molecule has 1 atom stereocenters. The van der Waals surface area contributed by atoms with E-state index in [1.54, 1.807) is 6.92 Å². The van der Waals surface area contributed by atoms with Gasteiger partial charge in [0.25, 0.3) is 0 Å². The van der Waals surface area contributed by atoms with Crippen molar-refractivity contribution in [1.29, 1.82) is 0 Å². The summed E-state index contributed by atoms with van der Waals surface area (Å²) in [4.78, 5) is 10.9. The number of carbonyl (C=O) groups is 1. The molecule has 1 amide bonds. The Morgan fingerprint density at radius 1 is 1.50 bits per heavy atom. The molecule has 0 saturated carbocycles. The zero-order valence-corrected chi connectivity index (χ0v) is 7.83. The summed E-state index contributed by atoms with van der Waals surface area (Å²) in [6.45, 7) is 5.68. The van der Waals surface area contributed by atoms with Crippen LogP contribution in [0, 0.1) is 0 Å². The Morgan fingerprint density at radius 3 is 2.50 bits per heavy atom. The summed E-state index contributed by atoms with van der Waals surface area (Å²) >= 11 is 0. The van der Waals surface area contributed by atoms with Gasteiger partial charge in [0, 0.05) is 6.54 Å². The molecule has 0 heterocycles. The fourth-order valence-corrected chi connectivity index (χ4v) is 0.555. The molecule has 0 aliphatic carbocycles. The van der Waals surface area contributed by atoms with E-state index in [0.29, 0.717) is 0 Å². The van der Waals surface area contributed by atoms with Crippen molar-refractivity contribution in [1.82, 2.24) is 5.32 Å². The summed E-state index contributed by atoms with van der Waals surface area (Å²) in [5, 5.41) is 11.3. The van der Waals surface area contributed by atoms with Crippen LogP contribution in [0.25, 0.3) is 0 Å². The lowest BCUT2D eigenvalue weighted by Crippen LogP contribution is -2.33. The molecule has 4 nitrogen and oxygen atoms in total. The quantitative estimate of drug-likeness (QED) is 0.614. The predicted octanol–water partition coefficient (Wildman–Crippen LogP) is -0.0916. The number of amides is 1. The molecule has 0 unspecified atom stereocenters. The summed E-state index contributed by atoms with van der Waals surface area (Å²) in [7, 11) is 0. The van der Waals surface area contributed by atoms with Crippen molar-refractivity contribution in [2.45, 2.75) is 33.0 Å². The van der Waals surface area contributed by atoms with Gasteiger partial charge in [-0.1, -0.05) is 0 Å². The highest BCUT2D eigenvalue weighted by atomic mass is 16.5. The highest BCUT2D eigenvalue weighted by Crippen LogP contribution is 1.86. The van der Waals surface area contributed by atoms with Gasteiger partial charge in [0.05, 0.1) is 12.2 Å². The van der Waals surface area contributed by atoms with Gasteiger partial charge in [0.1, 0.15) is 6.61 Å². The zero-order valence-electron chi connectivity index (χ0n) is 7.83. The van der Waals surface area contributed by atoms with Gasteiger partial charge >= 0.3 is 0 Å². The SMILES string of the molecule is CC(C)OCC(=O)NC[C@@H](C)O. The lowest BCUT2D eigenvalue weighted by atomic mass is 10.4. The Hall–Kier alpha value is -0.610. The van der Waals surface area contributed by atoms with Gasteiger partial charge in [-0.15, -0.1) is 0 Å². The molecule has 0 aliphatic heterocycles. The number of aliphatic hydroxyl groups is 1. The van der Waals surface area contributed by atoms with E-state index < -0.39 is 6.10 Å². The molecule has 0 aliphatic rings. The molecule has 0 saturated heterocycles. The number of carbonyl (C=O) groups excluding carboxylic acids is 1. The lowest BCUT2D eigenvalue weighted by molar-refractivity contribution is -0.127. The van der Waals surface area contributed by atoms with Crippen LogP contribution in [0.1, 0.15) is 20.8 Å². The first-order valence-corrected chi connectivity index (χ1v) is 4.08. The van der Waals surface area contributed by atoms with E-state index in [-0.39, 0.29) is 25.2 Å². The molecule has 0 aromatic heterocycles. The van der Waals surface area contributed by atoms with Crippen molar-refractivity contribution in [3.8, 4) is 0 Å². The molecular weight excluding hydrogens is 158 g/mol. The normalized spacial score (nSPS) is 13.1. The third-order valence-electron chi connectivity index (χ3n) is 1.14. The third-order valence-corrected chi connectivity index (χ3v) is 1.14. The second-order valence-corrected chi connectivity index (χ2v) is 3.01. The van der Waals surface area contributed by atoms with Crippen LogP contribution in [-0.2, 0) is 9.53 Å². The molecule has 0 fully saturated rings. The molecule has 2 N–H and O–H groups in total. The van der Waals surface area contributed by atoms with E-state index in [2.05, 4.69) is 5.32 Å². The first-order chi connectivity index (χ1) is 5.52. The number of hydrogen-bond acceptors (Lipinski definition) is 3. The molecule has 0 rings (SSSR count). The third kappa shape index (κ3) is 7.50. The number of hydrogen-bond donors (Lipinski definition) is 2. The van der Waals surface area contributed by atoms with Gasteiger partial charge in [-0.25, -0.2) is 0 Å². The maximum Gasteiger partial charge on any atom is 0.246 e. The van der Waals surface area contributed by atoms with E-state index in [1.807, 2.05) is 13.8 Å². The maximum atomic E-state index is 10.9. The van der Waals surface area contributed by atoms with Crippen LogP contribution in [0.15, 0.2) is 0 Å². The first kappa shape index (κ1) is 11.4. The predicted molar refractivity (Wildman–Crippen MR) is 45.8 cm³/mol. The second kappa shape index (κ2) is 5.97. The summed E-state index contributed by atoms with van der Waals surface area (Å²) in [6.07, 6.45) is -0.449. The molecule has 0 aromatic rings. The molecular formula is C8H17NO3. The summed E-state index contributed by atoms with van der Waals surface area (Å²) in [5.41, 5.74) is 0. The van der Waals surface area contributed by atoms with E-state index in [9.17, 15) is 4.79 Å². The smallest absolute Gasteiger partial charge is 0.246 e. The van der Waals surface area contributed by atoms with Crippen LogP contribution in [0.4, 0.5) is 0 Å². The van der Waals surface area contributed by atoms with Gasteiger partial charge in [0.15, 0.2) is 0 Å². The average Bonchev–Trinajstić information content (AvgIpc) is 1.96. The monoisotopic (exact) mass is 175 g/mol. The van der Waals surface area contributed by atoms with E-state index in [4.69, 9.17) is 9.84 Å². The highest BCUT2D eigenvalue weighted by Gasteiger charge is 2.03. The molecule has 0 aromatic carbocycles. The molecule has 72 valence electrons. The highest BCUT2D eigenvalue weighted by molar-refractivity contribution is 5.77. The van der Waals surface area contributed by atoms with Crippen molar-refractivity contribution in [2.24, 2.45) is 0 Å². The van der Waals surface area contributed by atoms with Gasteiger partial charge in [-0.2, -0.15) is 0 Å². The van der Waals surface area contributed by atoms with Crippen molar-refractivity contribution in [2.75, 3.05) is 13.2 Å². The van der Waals surface area contributed by atoms with Crippen molar-refractivity contribution in [3.05, 3.63) is 0 Å². The fraction of sp³-hybridized carbons (Fsp3) is 0.875. The number of rotatable bonds is 5. The van der Waals surface area contributed by atoms with Gasteiger partial charge in [-0.3, -0.25) is 4.79 Å². The zero-order chi connectivity index (χ0) is 9.56.